The standard InChI is InChI=1S/C9H15BrN4OS/c1-5(6(3-15)16-2)14-9-7(10)8(11)12-4-13-9/h4-6,15H,3H2,1-2H3,(H3,11,12,13,14). The van der Waals surface area contributed by atoms with E-state index in [9.17, 15) is 0 Å². The van der Waals surface area contributed by atoms with E-state index in [2.05, 4.69) is 31.2 Å². The Kier molecular flexibility index (Phi) is 5.30. The minimum atomic E-state index is 0.0885. The van der Waals surface area contributed by atoms with Gasteiger partial charge in [0.2, 0.25) is 0 Å². The third-order valence-corrected chi connectivity index (χ3v) is 4.17. The Balaban J connectivity index is 2.76. The summed E-state index contributed by atoms with van der Waals surface area (Å²) in [5.74, 6) is 1.04. The molecule has 0 radical (unpaired) electrons. The van der Waals surface area contributed by atoms with Gasteiger partial charge in [-0.05, 0) is 29.1 Å². The molecule has 90 valence electrons. The van der Waals surface area contributed by atoms with Gasteiger partial charge >= 0.3 is 0 Å². The van der Waals surface area contributed by atoms with Crippen molar-refractivity contribution >= 4 is 39.3 Å². The molecular weight excluding hydrogens is 292 g/mol. The average molecular weight is 307 g/mol. The molecule has 0 spiro atoms. The zero-order chi connectivity index (χ0) is 12.1. The van der Waals surface area contributed by atoms with Gasteiger partial charge in [0, 0.05) is 11.3 Å². The molecule has 5 nitrogen and oxygen atoms in total. The third-order valence-electron chi connectivity index (χ3n) is 2.22. The molecule has 0 fully saturated rings. The van der Waals surface area contributed by atoms with E-state index in [1.54, 1.807) is 11.8 Å². The summed E-state index contributed by atoms with van der Waals surface area (Å²) in [5.41, 5.74) is 5.64. The summed E-state index contributed by atoms with van der Waals surface area (Å²) in [6.07, 6.45) is 3.37. The van der Waals surface area contributed by atoms with Crippen LogP contribution < -0.4 is 11.1 Å². The Morgan fingerprint density at radius 1 is 1.62 bits per heavy atom. The Hall–Kier alpha value is -0.530. The van der Waals surface area contributed by atoms with E-state index in [0.717, 1.165) is 0 Å². The summed E-state index contributed by atoms with van der Waals surface area (Å²) >= 11 is 4.92. The summed E-state index contributed by atoms with van der Waals surface area (Å²) in [4.78, 5) is 7.95. The highest BCUT2D eigenvalue weighted by Gasteiger charge is 2.17. The van der Waals surface area contributed by atoms with Crippen LogP contribution in [0.15, 0.2) is 10.8 Å². The lowest BCUT2D eigenvalue weighted by Gasteiger charge is -2.22. The van der Waals surface area contributed by atoms with E-state index in [1.807, 2.05) is 13.2 Å². The summed E-state index contributed by atoms with van der Waals surface area (Å²) in [7, 11) is 0. The monoisotopic (exact) mass is 306 g/mol. The molecule has 0 aliphatic heterocycles. The van der Waals surface area contributed by atoms with Crippen molar-refractivity contribution in [3.8, 4) is 0 Å². The molecule has 0 bridgehead atoms. The molecule has 0 aromatic carbocycles. The number of hydrogen-bond donors (Lipinski definition) is 3. The van der Waals surface area contributed by atoms with Crippen LogP contribution in [0.4, 0.5) is 11.6 Å². The second kappa shape index (κ2) is 6.27. The molecule has 1 heterocycles. The molecule has 4 N–H and O–H groups in total. The van der Waals surface area contributed by atoms with Gasteiger partial charge in [-0.15, -0.1) is 0 Å². The number of hydrogen-bond acceptors (Lipinski definition) is 6. The second-order valence-corrected chi connectivity index (χ2v) is 5.18. The van der Waals surface area contributed by atoms with Crippen LogP contribution in [0.3, 0.4) is 0 Å². The van der Waals surface area contributed by atoms with Crippen LogP contribution in [-0.2, 0) is 0 Å². The number of nitrogens with one attached hydrogen (secondary N) is 1. The number of aromatic nitrogens is 2. The van der Waals surface area contributed by atoms with Crippen molar-refractivity contribution in [2.75, 3.05) is 23.9 Å². The van der Waals surface area contributed by atoms with Gasteiger partial charge in [0.25, 0.3) is 0 Å². The van der Waals surface area contributed by atoms with Crippen molar-refractivity contribution in [3.05, 3.63) is 10.8 Å². The zero-order valence-corrected chi connectivity index (χ0v) is 11.5. The van der Waals surface area contributed by atoms with Crippen LogP contribution in [0, 0.1) is 0 Å². The summed E-state index contributed by atoms with van der Waals surface area (Å²) < 4.78 is 0.652. The Labute approximate surface area is 107 Å². The largest absolute Gasteiger partial charge is 0.395 e. The fourth-order valence-corrected chi connectivity index (χ4v) is 2.17. The second-order valence-electron chi connectivity index (χ2n) is 3.31. The number of rotatable bonds is 5. The highest BCUT2D eigenvalue weighted by molar-refractivity contribution is 9.10. The maximum absolute atomic E-state index is 9.17. The lowest BCUT2D eigenvalue weighted by Crippen LogP contribution is -2.31. The van der Waals surface area contributed by atoms with Crippen LogP contribution in [0.5, 0.6) is 0 Å². The minimum absolute atomic E-state index is 0.0885. The van der Waals surface area contributed by atoms with Gasteiger partial charge in [0.05, 0.1) is 6.61 Å². The van der Waals surface area contributed by atoms with Gasteiger partial charge in [0.1, 0.15) is 22.4 Å². The van der Waals surface area contributed by atoms with Gasteiger partial charge in [-0.1, -0.05) is 0 Å². The molecule has 1 aromatic rings. The van der Waals surface area contributed by atoms with E-state index in [1.165, 1.54) is 6.33 Å². The number of nitrogen functional groups attached to an aromatic ring is 1. The van der Waals surface area contributed by atoms with Gasteiger partial charge in [-0.25, -0.2) is 9.97 Å². The van der Waals surface area contributed by atoms with Crippen molar-refractivity contribution in [3.63, 3.8) is 0 Å². The predicted octanol–water partition coefficient (Wildman–Crippen LogP) is 1.35. The first-order chi connectivity index (χ1) is 7.60. The number of nitrogens with zero attached hydrogens (tertiary/aromatic N) is 2. The van der Waals surface area contributed by atoms with E-state index < -0.39 is 0 Å². The number of aliphatic hydroxyl groups is 1. The van der Waals surface area contributed by atoms with Gasteiger partial charge in [-0.2, -0.15) is 11.8 Å². The molecule has 2 atom stereocenters. The van der Waals surface area contributed by atoms with Crippen LogP contribution in [0.25, 0.3) is 0 Å². The number of anilines is 2. The van der Waals surface area contributed by atoms with Crippen LogP contribution in [0.1, 0.15) is 6.92 Å². The van der Waals surface area contributed by atoms with Gasteiger partial charge in [-0.3, -0.25) is 0 Å². The molecule has 16 heavy (non-hydrogen) atoms. The highest BCUT2D eigenvalue weighted by atomic mass is 79.9. The summed E-state index contributed by atoms with van der Waals surface area (Å²) in [6.45, 7) is 2.11. The minimum Gasteiger partial charge on any atom is -0.395 e. The average Bonchev–Trinajstić information content (AvgIpc) is 2.26. The molecule has 7 heteroatoms. The molecule has 0 amide bonds. The van der Waals surface area contributed by atoms with Crippen molar-refractivity contribution in [1.82, 2.24) is 9.97 Å². The zero-order valence-electron chi connectivity index (χ0n) is 9.14. The maximum Gasteiger partial charge on any atom is 0.146 e. The van der Waals surface area contributed by atoms with Crippen molar-refractivity contribution in [2.24, 2.45) is 0 Å². The SMILES string of the molecule is CSC(CO)C(C)Nc1ncnc(N)c1Br. The van der Waals surface area contributed by atoms with E-state index in [0.29, 0.717) is 16.1 Å². The molecule has 1 aromatic heterocycles. The topological polar surface area (TPSA) is 84.1 Å². The molecule has 1 rings (SSSR count). The van der Waals surface area contributed by atoms with Gasteiger partial charge < -0.3 is 16.2 Å². The lowest BCUT2D eigenvalue weighted by atomic mass is 10.2. The highest BCUT2D eigenvalue weighted by Crippen LogP contribution is 2.25. The fraction of sp³-hybridized carbons (Fsp3) is 0.556. The van der Waals surface area contributed by atoms with Crippen LogP contribution in [0.2, 0.25) is 0 Å². The Morgan fingerprint density at radius 3 is 2.88 bits per heavy atom. The molecular formula is C9H15BrN4OS. The van der Waals surface area contributed by atoms with Crippen molar-refractivity contribution in [1.29, 1.82) is 0 Å². The van der Waals surface area contributed by atoms with Crippen LogP contribution in [-0.4, -0.2) is 39.2 Å². The number of aliphatic hydroxyl groups excluding tert-OH is 1. The van der Waals surface area contributed by atoms with Gasteiger partial charge in [0.15, 0.2) is 0 Å². The molecule has 2 unspecified atom stereocenters. The smallest absolute Gasteiger partial charge is 0.146 e. The van der Waals surface area contributed by atoms with Crippen LogP contribution >= 0.6 is 27.7 Å². The lowest BCUT2D eigenvalue weighted by molar-refractivity contribution is 0.288. The third kappa shape index (κ3) is 3.23. The quantitative estimate of drug-likeness (QED) is 0.761. The van der Waals surface area contributed by atoms with E-state index >= 15 is 0 Å². The first-order valence-corrected chi connectivity index (χ1v) is 6.84. The normalized spacial score (nSPS) is 14.5. The van der Waals surface area contributed by atoms with Crippen molar-refractivity contribution < 1.29 is 5.11 Å². The number of thioether (sulfide) groups is 1. The summed E-state index contributed by atoms with van der Waals surface area (Å²) in [5, 5.41) is 12.5. The fourth-order valence-electron chi connectivity index (χ4n) is 1.23. The van der Waals surface area contributed by atoms with E-state index in [-0.39, 0.29) is 17.9 Å². The van der Waals surface area contributed by atoms with Crippen molar-refractivity contribution in [2.45, 2.75) is 18.2 Å². The Bertz CT molecular complexity index is 348. The number of halogens is 1. The Morgan fingerprint density at radius 2 is 2.31 bits per heavy atom. The first-order valence-electron chi connectivity index (χ1n) is 4.76. The molecule has 0 saturated heterocycles. The molecule has 0 aliphatic carbocycles. The van der Waals surface area contributed by atoms with E-state index in [4.69, 9.17) is 10.8 Å². The molecule has 0 aliphatic rings. The molecule has 0 saturated carbocycles. The summed E-state index contributed by atoms with van der Waals surface area (Å²) in [6, 6.07) is 0.0885. The number of nitrogens with two attached hydrogens (primary N) is 1. The maximum atomic E-state index is 9.17. The first kappa shape index (κ1) is 13.5. The predicted molar refractivity (Wildman–Crippen MR) is 71.6 cm³/mol.